The summed E-state index contributed by atoms with van der Waals surface area (Å²) in [7, 11) is 0. The first kappa shape index (κ1) is 19.0. The number of benzene rings is 2. The molecule has 2 amide bonds. The van der Waals surface area contributed by atoms with Crippen LogP contribution in [-0.4, -0.2) is 31.2 Å². The van der Waals surface area contributed by atoms with Gasteiger partial charge >= 0.3 is 0 Å². The lowest BCUT2D eigenvalue weighted by molar-refractivity contribution is -0.120. The van der Waals surface area contributed by atoms with E-state index in [0.717, 1.165) is 5.75 Å². The van der Waals surface area contributed by atoms with Crippen LogP contribution in [0.25, 0.3) is 0 Å². The fraction of sp³-hybridized carbons (Fsp3) is 0.263. The zero-order chi connectivity index (χ0) is 18.1. The summed E-state index contributed by atoms with van der Waals surface area (Å²) in [6, 6.07) is 13.4. The van der Waals surface area contributed by atoms with E-state index in [0.29, 0.717) is 24.2 Å². The molecule has 0 radical (unpaired) electrons. The normalized spacial score (nSPS) is 10.3. The molecule has 0 atom stereocenters. The van der Waals surface area contributed by atoms with E-state index in [-0.39, 0.29) is 24.1 Å². The van der Waals surface area contributed by atoms with Crippen LogP contribution in [-0.2, 0) is 17.0 Å². The molecule has 132 valence electrons. The Kier molecular flexibility index (Phi) is 7.47. The molecule has 6 heteroatoms. The molecule has 2 N–H and O–H groups in total. The zero-order valence-electron chi connectivity index (χ0n) is 14.0. The van der Waals surface area contributed by atoms with Crippen LogP contribution in [0.5, 0.6) is 0 Å². The number of rotatable bonds is 8. The predicted octanol–water partition coefficient (Wildman–Crippen LogP) is 2.78. The molecule has 2 aromatic rings. The van der Waals surface area contributed by atoms with E-state index in [1.165, 1.54) is 17.7 Å². The van der Waals surface area contributed by atoms with Gasteiger partial charge in [-0.1, -0.05) is 24.3 Å². The van der Waals surface area contributed by atoms with Gasteiger partial charge in [0.15, 0.2) is 0 Å². The average Bonchev–Trinajstić information content (AvgIpc) is 2.59. The third kappa shape index (κ3) is 6.58. The van der Waals surface area contributed by atoms with Gasteiger partial charge in [0.2, 0.25) is 5.91 Å². The van der Waals surface area contributed by atoms with E-state index in [1.807, 2.05) is 18.4 Å². The summed E-state index contributed by atoms with van der Waals surface area (Å²) in [6.07, 6.45) is 2.14. The summed E-state index contributed by atoms with van der Waals surface area (Å²) < 4.78 is 13.1. The second-order valence-corrected chi connectivity index (χ2v) is 6.41. The molecule has 0 aliphatic heterocycles. The molecule has 0 aliphatic carbocycles. The van der Waals surface area contributed by atoms with Gasteiger partial charge in [0, 0.05) is 24.4 Å². The van der Waals surface area contributed by atoms with E-state index in [1.54, 1.807) is 36.0 Å². The van der Waals surface area contributed by atoms with Crippen LogP contribution in [0.2, 0.25) is 0 Å². The van der Waals surface area contributed by atoms with Crippen molar-refractivity contribution in [1.82, 2.24) is 10.6 Å². The first-order valence-corrected chi connectivity index (χ1v) is 9.35. The standard InChI is InChI=1S/C19H21FN2O2S/c1-25-13-14-5-7-16(8-6-14)19(24)22-10-9-21-18(23)12-15-3-2-4-17(20)11-15/h2-8,11H,9-10,12-13H2,1H3,(H,21,23)(H,22,24). The number of hydrogen-bond acceptors (Lipinski definition) is 3. The van der Waals surface area contributed by atoms with Crippen molar-refractivity contribution in [3.8, 4) is 0 Å². The Morgan fingerprint density at radius 3 is 2.40 bits per heavy atom. The molecule has 0 aromatic heterocycles. The highest BCUT2D eigenvalue weighted by Crippen LogP contribution is 2.10. The Labute approximate surface area is 151 Å². The van der Waals surface area contributed by atoms with Crippen molar-refractivity contribution in [2.24, 2.45) is 0 Å². The van der Waals surface area contributed by atoms with E-state index < -0.39 is 0 Å². The van der Waals surface area contributed by atoms with Gasteiger partial charge in [-0.25, -0.2) is 4.39 Å². The van der Waals surface area contributed by atoms with Gasteiger partial charge in [0.05, 0.1) is 6.42 Å². The Balaban J connectivity index is 1.69. The van der Waals surface area contributed by atoms with E-state index in [9.17, 15) is 14.0 Å². The topological polar surface area (TPSA) is 58.2 Å². The Morgan fingerprint density at radius 2 is 1.72 bits per heavy atom. The third-order valence-electron chi connectivity index (χ3n) is 3.51. The molecule has 4 nitrogen and oxygen atoms in total. The monoisotopic (exact) mass is 360 g/mol. The van der Waals surface area contributed by atoms with Gasteiger partial charge in [0.25, 0.3) is 5.91 Å². The molecule has 0 bridgehead atoms. The molecule has 0 fully saturated rings. The third-order valence-corrected chi connectivity index (χ3v) is 4.14. The van der Waals surface area contributed by atoms with Crippen LogP contribution in [0.15, 0.2) is 48.5 Å². The fourth-order valence-electron chi connectivity index (χ4n) is 2.29. The van der Waals surface area contributed by atoms with Crippen LogP contribution in [0.1, 0.15) is 21.5 Å². The number of hydrogen-bond donors (Lipinski definition) is 2. The summed E-state index contributed by atoms with van der Waals surface area (Å²) >= 11 is 1.73. The summed E-state index contributed by atoms with van der Waals surface area (Å²) in [4.78, 5) is 23.8. The van der Waals surface area contributed by atoms with E-state index in [2.05, 4.69) is 10.6 Å². The first-order chi connectivity index (χ1) is 12.1. The first-order valence-electron chi connectivity index (χ1n) is 7.95. The number of carbonyl (C=O) groups is 2. The maximum Gasteiger partial charge on any atom is 0.251 e. The summed E-state index contributed by atoms with van der Waals surface area (Å²) in [5.41, 5.74) is 2.39. The summed E-state index contributed by atoms with van der Waals surface area (Å²) in [5.74, 6) is 0.177. The van der Waals surface area contributed by atoms with Gasteiger partial charge in [-0.15, -0.1) is 0 Å². The lowest BCUT2D eigenvalue weighted by atomic mass is 10.1. The number of amides is 2. The minimum Gasteiger partial charge on any atom is -0.354 e. The van der Waals surface area contributed by atoms with Crippen LogP contribution >= 0.6 is 11.8 Å². The van der Waals surface area contributed by atoms with Gasteiger partial charge in [-0.3, -0.25) is 9.59 Å². The Hall–Kier alpha value is -2.34. The highest BCUT2D eigenvalue weighted by molar-refractivity contribution is 7.97. The van der Waals surface area contributed by atoms with Gasteiger partial charge in [-0.05, 0) is 41.6 Å². The van der Waals surface area contributed by atoms with Crippen molar-refractivity contribution in [2.45, 2.75) is 12.2 Å². The number of thioether (sulfide) groups is 1. The summed E-state index contributed by atoms with van der Waals surface area (Å²) in [5, 5.41) is 5.46. The molecule has 25 heavy (non-hydrogen) atoms. The largest absolute Gasteiger partial charge is 0.354 e. The highest BCUT2D eigenvalue weighted by atomic mass is 32.2. The van der Waals surface area contributed by atoms with Crippen LogP contribution in [0.4, 0.5) is 4.39 Å². The Bertz CT molecular complexity index is 720. The van der Waals surface area contributed by atoms with Crippen molar-refractivity contribution in [3.63, 3.8) is 0 Å². The fourth-order valence-corrected chi connectivity index (χ4v) is 2.82. The van der Waals surface area contributed by atoms with Crippen molar-refractivity contribution in [3.05, 3.63) is 71.0 Å². The molecule has 0 unspecified atom stereocenters. The van der Waals surface area contributed by atoms with Crippen molar-refractivity contribution < 1.29 is 14.0 Å². The molecular weight excluding hydrogens is 339 g/mol. The highest BCUT2D eigenvalue weighted by Gasteiger charge is 2.06. The maximum absolute atomic E-state index is 13.1. The molecule has 0 heterocycles. The van der Waals surface area contributed by atoms with Crippen molar-refractivity contribution >= 4 is 23.6 Å². The molecule has 0 saturated carbocycles. The molecule has 0 saturated heterocycles. The van der Waals surface area contributed by atoms with Crippen LogP contribution < -0.4 is 10.6 Å². The lowest BCUT2D eigenvalue weighted by Crippen LogP contribution is -2.35. The van der Waals surface area contributed by atoms with Crippen molar-refractivity contribution in [1.29, 1.82) is 0 Å². The second kappa shape index (κ2) is 9.84. The number of carbonyl (C=O) groups excluding carboxylic acids is 2. The van der Waals surface area contributed by atoms with Gasteiger partial charge in [0.1, 0.15) is 5.82 Å². The number of nitrogens with one attached hydrogen (secondary N) is 2. The average molecular weight is 360 g/mol. The second-order valence-electron chi connectivity index (χ2n) is 5.54. The SMILES string of the molecule is CSCc1ccc(C(=O)NCCNC(=O)Cc2cccc(F)c2)cc1. The number of halogens is 1. The minimum atomic E-state index is -0.360. The Morgan fingerprint density at radius 1 is 1.00 bits per heavy atom. The van der Waals surface area contributed by atoms with Gasteiger partial charge < -0.3 is 10.6 Å². The maximum atomic E-state index is 13.1. The lowest BCUT2D eigenvalue weighted by Gasteiger charge is -2.08. The predicted molar refractivity (Wildman–Crippen MR) is 99.1 cm³/mol. The molecule has 2 aromatic carbocycles. The molecule has 0 aliphatic rings. The zero-order valence-corrected chi connectivity index (χ0v) is 14.9. The van der Waals surface area contributed by atoms with Crippen molar-refractivity contribution in [2.75, 3.05) is 19.3 Å². The molecular formula is C19H21FN2O2S. The summed E-state index contributed by atoms with van der Waals surface area (Å²) in [6.45, 7) is 0.657. The molecule has 2 rings (SSSR count). The molecule has 0 spiro atoms. The van der Waals surface area contributed by atoms with E-state index in [4.69, 9.17) is 0 Å². The van der Waals surface area contributed by atoms with Crippen LogP contribution in [0.3, 0.4) is 0 Å². The minimum absolute atomic E-state index is 0.114. The van der Waals surface area contributed by atoms with Crippen LogP contribution in [0, 0.1) is 5.82 Å². The van der Waals surface area contributed by atoms with E-state index >= 15 is 0 Å². The quantitative estimate of drug-likeness (QED) is 0.712. The smallest absolute Gasteiger partial charge is 0.251 e. The van der Waals surface area contributed by atoms with Gasteiger partial charge in [-0.2, -0.15) is 11.8 Å².